The van der Waals surface area contributed by atoms with Gasteiger partial charge in [-0.05, 0) is 124 Å². The van der Waals surface area contributed by atoms with Gasteiger partial charge >= 0.3 is 6.09 Å². The lowest BCUT2D eigenvalue weighted by molar-refractivity contribution is 0.0547. The van der Waals surface area contributed by atoms with Crippen molar-refractivity contribution in [1.82, 2.24) is 14.8 Å². The summed E-state index contributed by atoms with van der Waals surface area (Å²) < 4.78 is 7.50. The Morgan fingerprint density at radius 1 is 0.976 bits per heavy atom. The van der Waals surface area contributed by atoms with Crippen molar-refractivity contribution in [2.24, 2.45) is 0 Å². The number of phenols is 1. The van der Waals surface area contributed by atoms with E-state index in [0.717, 1.165) is 52.8 Å². The predicted octanol–water partition coefficient (Wildman–Crippen LogP) is 7.00. The maximum Gasteiger partial charge on any atom is 0.419 e. The lowest BCUT2D eigenvalue weighted by Gasteiger charge is -2.26. The minimum Gasteiger partial charge on any atom is -0.508 e. The molecule has 1 aromatic heterocycles. The van der Waals surface area contributed by atoms with Crippen molar-refractivity contribution >= 4 is 22.9 Å². The molecule has 0 atom stereocenters. The van der Waals surface area contributed by atoms with Gasteiger partial charge in [-0.2, -0.15) is 0 Å². The summed E-state index contributed by atoms with van der Waals surface area (Å²) >= 11 is 0. The highest BCUT2D eigenvalue weighted by Crippen LogP contribution is 2.39. The van der Waals surface area contributed by atoms with E-state index in [-0.39, 0.29) is 11.7 Å². The van der Waals surface area contributed by atoms with Crippen LogP contribution < -0.4 is 5.32 Å². The first-order chi connectivity index (χ1) is 19.6. The summed E-state index contributed by atoms with van der Waals surface area (Å²) in [7, 11) is 0. The lowest BCUT2D eigenvalue weighted by atomic mass is 9.92. The van der Waals surface area contributed by atoms with Gasteiger partial charge in [0.2, 0.25) is 0 Å². The largest absolute Gasteiger partial charge is 0.508 e. The number of hydrogen-bond donors (Lipinski definition) is 2. The van der Waals surface area contributed by atoms with Gasteiger partial charge in [-0.3, -0.25) is 9.69 Å². The van der Waals surface area contributed by atoms with Crippen LogP contribution in [0.1, 0.15) is 67.1 Å². The zero-order valence-corrected chi connectivity index (χ0v) is 24.2. The molecule has 0 bridgehead atoms. The van der Waals surface area contributed by atoms with Crippen molar-refractivity contribution < 1.29 is 19.4 Å². The van der Waals surface area contributed by atoms with Crippen LogP contribution in [0.15, 0.2) is 54.6 Å². The molecule has 0 unspecified atom stereocenters. The van der Waals surface area contributed by atoms with E-state index in [1.54, 1.807) is 16.7 Å². The van der Waals surface area contributed by atoms with E-state index in [0.29, 0.717) is 23.4 Å². The van der Waals surface area contributed by atoms with E-state index in [1.165, 1.54) is 24.8 Å². The molecule has 3 aromatic carbocycles. The quantitative estimate of drug-likeness (QED) is 0.285. The van der Waals surface area contributed by atoms with Gasteiger partial charge in [0.1, 0.15) is 11.4 Å². The first kappa shape index (κ1) is 27.1. The summed E-state index contributed by atoms with van der Waals surface area (Å²) in [5.74, 6) is 0.0469. The van der Waals surface area contributed by atoms with Crippen molar-refractivity contribution in [2.75, 3.05) is 13.1 Å². The monoisotopic (exact) mass is 551 g/mol. The highest BCUT2D eigenvalue weighted by atomic mass is 16.6. The number of ether oxygens (including phenoxy) is 1. The number of hydrogen-bond acceptors (Lipinski definition) is 5. The number of fused-ring (bicyclic) bond motifs is 2. The molecule has 7 heteroatoms. The summed E-state index contributed by atoms with van der Waals surface area (Å²) in [6, 6.07) is 17.5. The Labute approximate surface area is 240 Å². The fourth-order valence-corrected chi connectivity index (χ4v) is 6.14. The van der Waals surface area contributed by atoms with E-state index in [2.05, 4.69) is 22.3 Å². The number of carbonyl (C=O) groups is 2. The van der Waals surface area contributed by atoms with Crippen molar-refractivity contribution in [2.45, 2.75) is 65.6 Å². The fourth-order valence-electron chi connectivity index (χ4n) is 6.14. The van der Waals surface area contributed by atoms with Crippen LogP contribution in [0.2, 0.25) is 0 Å². The number of phenolic OH excluding ortho intramolecular Hbond substituents is 1. The SMILES string of the molecule is Cc1cc(O)ccc1-c1cc2c(c(-c3cc4cc(CN5CCCCC5)ccc4n3C(=O)OC(C)(C)C)c1)C(=O)NC2. The Morgan fingerprint density at radius 2 is 1.76 bits per heavy atom. The Bertz CT molecular complexity index is 1670. The smallest absolute Gasteiger partial charge is 0.419 e. The van der Waals surface area contributed by atoms with Crippen LogP contribution in [0.4, 0.5) is 4.79 Å². The highest BCUT2D eigenvalue weighted by molar-refractivity contribution is 6.07. The van der Waals surface area contributed by atoms with Crippen LogP contribution in [0.25, 0.3) is 33.3 Å². The number of amides is 1. The molecule has 0 spiro atoms. The Hall–Kier alpha value is -4.10. The first-order valence-corrected chi connectivity index (χ1v) is 14.4. The minimum atomic E-state index is -0.691. The van der Waals surface area contributed by atoms with Gasteiger partial charge in [-0.25, -0.2) is 9.36 Å². The number of carbonyl (C=O) groups excluding carboxylic acids is 2. The average Bonchev–Trinajstić information content (AvgIpc) is 3.48. The van der Waals surface area contributed by atoms with Gasteiger partial charge < -0.3 is 15.2 Å². The summed E-state index contributed by atoms with van der Waals surface area (Å²) in [5.41, 5.74) is 6.80. The molecule has 2 aliphatic rings. The summed E-state index contributed by atoms with van der Waals surface area (Å²) in [6.07, 6.45) is 3.26. The van der Waals surface area contributed by atoms with Crippen molar-refractivity contribution in [3.63, 3.8) is 0 Å². The lowest BCUT2D eigenvalue weighted by Crippen LogP contribution is -2.29. The number of nitrogens with one attached hydrogen (secondary N) is 1. The maximum absolute atomic E-state index is 13.8. The Balaban J connectivity index is 1.54. The molecule has 1 saturated heterocycles. The molecule has 1 amide bonds. The van der Waals surface area contributed by atoms with Gasteiger partial charge in [0.15, 0.2) is 0 Å². The van der Waals surface area contributed by atoms with Crippen LogP contribution in [0.3, 0.4) is 0 Å². The number of nitrogens with zero attached hydrogens (tertiary/aromatic N) is 2. The summed E-state index contributed by atoms with van der Waals surface area (Å²) in [4.78, 5) is 29.4. The molecule has 0 aliphatic carbocycles. The molecule has 4 aromatic rings. The van der Waals surface area contributed by atoms with Crippen LogP contribution in [-0.2, 0) is 17.8 Å². The van der Waals surface area contributed by atoms with E-state index < -0.39 is 11.7 Å². The van der Waals surface area contributed by atoms with Gasteiger partial charge in [-0.15, -0.1) is 0 Å². The second kappa shape index (κ2) is 10.4. The zero-order valence-electron chi connectivity index (χ0n) is 24.2. The normalized spacial score (nSPS) is 15.7. The Morgan fingerprint density at radius 3 is 2.49 bits per heavy atom. The van der Waals surface area contributed by atoms with E-state index >= 15 is 0 Å². The van der Waals surface area contributed by atoms with Gasteiger partial charge in [0.05, 0.1) is 16.8 Å². The minimum absolute atomic E-state index is 0.157. The molecule has 0 radical (unpaired) electrons. The third-order valence-electron chi connectivity index (χ3n) is 7.98. The molecule has 7 nitrogen and oxygen atoms in total. The third kappa shape index (κ3) is 5.34. The second-order valence-electron chi connectivity index (χ2n) is 12.3. The number of aromatic nitrogens is 1. The fraction of sp³-hybridized carbons (Fsp3) is 0.353. The molecule has 212 valence electrons. The van der Waals surface area contributed by atoms with Crippen molar-refractivity contribution in [1.29, 1.82) is 0 Å². The highest BCUT2D eigenvalue weighted by Gasteiger charge is 2.30. The zero-order chi connectivity index (χ0) is 28.9. The molecule has 41 heavy (non-hydrogen) atoms. The van der Waals surface area contributed by atoms with E-state index in [9.17, 15) is 14.7 Å². The molecular weight excluding hydrogens is 514 g/mol. The van der Waals surface area contributed by atoms with Gasteiger partial charge in [0.25, 0.3) is 5.91 Å². The predicted molar refractivity (Wildman–Crippen MR) is 161 cm³/mol. The molecule has 2 N–H and O–H groups in total. The number of aryl methyl sites for hydroxylation is 1. The van der Waals surface area contributed by atoms with Crippen LogP contribution >= 0.6 is 0 Å². The van der Waals surface area contributed by atoms with E-state index in [4.69, 9.17) is 4.74 Å². The molecule has 3 heterocycles. The van der Waals surface area contributed by atoms with Gasteiger partial charge in [-0.1, -0.05) is 18.6 Å². The Kier molecular flexibility index (Phi) is 6.86. The number of piperidine rings is 1. The average molecular weight is 552 g/mol. The van der Waals surface area contributed by atoms with E-state index in [1.807, 2.05) is 58.0 Å². The summed E-state index contributed by atoms with van der Waals surface area (Å²) in [5, 5.41) is 13.9. The second-order valence-corrected chi connectivity index (χ2v) is 12.3. The maximum atomic E-state index is 13.8. The molecule has 2 aliphatic heterocycles. The first-order valence-electron chi connectivity index (χ1n) is 14.4. The van der Waals surface area contributed by atoms with Crippen molar-refractivity contribution in [3.8, 4) is 28.1 Å². The van der Waals surface area contributed by atoms with Crippen LogP contribution in [-0.4, -0.2) is 45.3 Å². The third-order valence-corrected chi connectivity index (χ3v) is 7.98. The van der Waals surface area contributed by atoms with Gasteiger partial charge in [0, 0.05) is 24.0 Å². The standard InChI is InChI=1S/C34H37N3O4/c1-21-14-26(38)9-10-27(21)23-16-25-19-35-32(39)31(25)28(17-23)30-18-24-15-22(20-36-12-6-5-7-13-36)8-11-29(24)37(30)33(40)41-34(2,3)4/h8-11,14-18,38H,5-7,12-13,19-20H2,1-4H3,(H,35,39). The van der Waals surface area contributed by atoms with Crippen LogP contribution in [0.5, 0.6) is 5.75 Å². The number of likely N-dealkylation sites (tertiary alicyclic amines) is 1. The van der Waals surface area contributed by atoms with Crippen molar-refractivity contribution in [3.05, 3.63) is 76.9 Å². The number of benzene rings is 3. The molecule has 1 fully saturated rings. The summed E-state index contributed by atoms with van der Waals surface area (Å²) in [6.45, 7) is 11.0. The molecule has 6 rings (SSSR count). The number of rotatable bonds is 4. The molecular formula is C34H37N3O4. The molecule has 0 saturated carbocycles. The topological polar surface area (TPSA) is 83.8 Å². The number of aromatic hydroxyl groups is 1. The van der Waals surface area contributed by atoms with Crippen LogP contribution in [0, 0.1) is 6.92 Å².